The molecule has 0 spiro atoms. The van der Waals surface area contributed by atoms with E-state index in [0.29, 0.717) is 17.9 Å². The monoisotopic (exact) mass is 268 g/mol. The lowest BCUT2D eigenvalue weighted by atomic mass is 10.2. The molecule has 0 aliphatic carbocycles. The van der Waals surface area contributed by atoms with Gasteiger partial charge in [0.05, 0.1) is 19.0 Å². The summed E-state index contributed by atoms with van der Waals surface area (Å²) in [7, 11) is 1.29. The zero-order valence-corrected chi connectivity index (χ0v) is 11.7. The molecule has 0 bridgehead atoms. The van der Waals surface area contributed by atoms with Gasteiger partial charge in [-0.1, -0.05) is 0 Å². The van der Waals surface area contributed by atoms with Gasteiger partial charge in [-0.25, -0.2) is 0 Å². The van der Waals surface area contributed by atoms with Crippen LogP contribution in [0.15, 0.2) is 6.20 Å². The number of ether oxygens (including phenoxy) is 1. The fourth-order valence-electron chi connectivity index (χ4n) is 1.70. The van der Waals surface area contributed by atoms with Gasteiger partial charge in [0, 0.05) is 12.6 Å². The number of rotatable bonds is 5. The summed E-state index contributed by atoms with van der Waals surface area (Å²) in [6, 6.07) is -0.147. The van der Waals surface area contributed by atoms with E-state index in [1.165, 1.54) is 22.9 Å². The van der Waals surface area contributed by atoms with Gasteiger partial charge in [-0.05, 0) is 20.8 Å². The highest BCUT2D eigenvalue weighted by Crippen LogP contribution is 2.15. The number of carbonyl (C=O) groups is 2. The molecule has 0 saturated heterocycles. The van der Waals surface area contributed by atoms with Gasteiger partial charge in [-0.15, -0.1) is 0 Å². The molecule has 0 unspecified atom stereocenters. The summed E-state index contributed by atoms with van der Waals surface area (Å²) in [6.45, 7) is 5.93. The number of aromatic nitrogens is 2. The number of nitrogens with two attached hydrogens (primary N) is 1. The maximum Gasteiger partial charge on any atom is 0.325 e. The second kappa shape index (κ2) is 6.21. The van der Waals surface area contributed by atoms with E-state index in [1.54, 1.807) is 0 Å². The predicted octanol–water partition coefficient (Wildman–Crippen LogP) is 0.509. The van der Waals surface area contributed by atoms with Gasteiger partial charge >= 0.3 is 5.97 Å². The summed E-state index contributed by atoms with van der Waals surface area (Å²) in [5, 5.41) is 4.02. The minimum atomic E-state index is -0.469. The van der Waals surface area contributed by atoms with E-state index in [-0.39, 0.29) is 18.5 Å². The van der Waals surface area contributed by atoms with Crippen molar-refractivity contribution in [3.05, 3.63) is 11.9 Å². The first-order chi connectivity index (χ1) is 8.92. The lowest BCUT2D eigenvalue weighted by Gasteiger charge is -2.25. The number of methoxy groups -OCH3 is 1. The number of nitrogens with zero attached hydrogens (tertiary/aromatic N) is 3. The standard InChI is InChI=1S/C12H20N4O3/c1-5-16-11(9(13)6-14-16)12(18)15(8(2)3)7-10(17)19-4/h6,8H,5,7,13H2,1-4H3. The van der Waals surface area contributed by atoms with Crippen LogP contribution in [0.4, 0.5) is 5.69 Å². The average Bonchev–Trinajstić information content (AvgIpc) is 2.75. The molecule has 0 atom stereocenters. The van der Waals surface area contributed by atoms with Crippen LogP contribution < -0.4 is 5.73 Å². The Morgan fingerprint density at radius 1 is 1.53 bits per heavy atom. The number of aryl methyl sites for hydroxylation is 1. The van der Waals surface area contributed by atoms with Crippen molar-refractivity contribution in [2.75, 3.05) is 19.4 Å². The molecule has 0 aliphatic heterocycles. The number of hydrogen-bond acceptors (Lipinski definition) is 5. The molecule has 0 saturated carbocycles. The van der Waals surface area contributed by atoms with Crippen LogP contribution in [0.3, 0.4) is 0 Å². The number of esters is 1. The molecule has 1 aromatic rings. The third kappa shape index (κ3) is 3.24. The van der Waals surface area contributed by atoms with E-state index in [1.807, 2.05) is 20.8 Å². The second-order valence-electron chi connectivity index (χ2n) is 4.37. The molecule has 1 amide bonds. The Morgan fingerprint density at radius 2 is 2.16 bits per heavy atom. The average molecular weight is 268 g/mol. The highest BCUT2D eigenvalue weighted by atomic mass is 16.5. The van der Waals surface area contributed by atoms with Gasteiger partial charge in [0.2, 0.25) is 0 Å². The van der Waals surface area contributed by atoms with Gasteiger partial charge in [0.25, 0.3) is 5.91 Å². The Balaban J connectivity index is 3.05. The summed E-state index contributed by atoms with van der Waals surface area (Å²) < 4.78 is 6.12. The van der Waals surface area contributed by atoms with Crippen molar-refractivity contribution in [1.29, 1.82) is 0 Å². The molecule has 0 fully saturated rings. The Kier molecular flexibility index (Phi) is 4.91. The maximum absolute atomic E-state index is 12.5. The Bertz CT molecular complexity index is 468. The first-order valence-electron chi connectivity index (χ1n) is 6.11. The Morgan fingerprint density at radius 3 is 2.63 bits per heavy atom. The SMILES string of the molecule is CCn1ncc(N)c1C(=O)N(CC(=O)OC)C(C)C. The van der Waals surface area contributed by atoms with Crippen molar-refractivity contribution in [2.24, 2.45) is 0 Å². The zero-order valence-electron chi connectivity index (χ0n) is 11.7. The fraction of sp³-hybridized carbons (Fsp3) is 0.583. The highest BCUT2D eigenvalue weighted by molar-refractivity contribution is 5.98. The highest BCUT2D eigenvalue weighted by Gasteiger charge is 2.26. The third-order valence-electron chi connectivity index (χ3n) is 2.78. The molecule has 7 heteroatoms. The number of carbonyl (C=O) groups excluding carboxylic acids is 2. The quantitative estimate of drug-likeness (QED) is 0.786. The smallest absolute Gasteiger partial charge is 0.325 e. The van der Waals surface area contributed by atoms with Crippen LogP contribution in [-0.4, -0.2) is 46.3 Å². The summed E-state index contributed by atoms with van der Waals surface area (Å²) in [5.74, 6) is -0.791. The molecule has 106 valence electrons. The van der Waals surface area contributed by atoms with Crippen LogP contribution in [0.25, 0.3) is 0 Å². The van der Waals surface area contributed by atoms with Crippen molar-refractivity contribution < 1.29 is 14.3 Å². The summed E-state index contributed by atoms with van der Waals surface area (Å²) in [6.07, 6.45) is 1.44. The summed E-state index contributed by atoms with van der Waals surface area (Å²) in [4.78, 5) is 25.3. The molecule has 1 rings (SSSR count). The van der Waals surface area contributed by atoms with Gasteiger partial charge in [-0.3, -0.25) is 14.3 Å². The van der Waals surface area contributed by atoms with Gasteiger partial charge in [0.15, 0.2) is 0 Å². The van der Waals surface area contributed by atoms with Crippen LogP contribution in [0.1, 0.15) is 31.3 Å². The Labute approximate surface area is 112 Å². The zero-order chi connectivity index (χ0) is 14.6. The van der Waals surface area contributed by atoms with Crippen molar-refractivity contribution in [2.45, 2.75) is 33.4 Å². The van der Waals surface area contributed by atoms with E-state index in [4.69, 9.17) is 5.73 Å². The van der Waals surface area contributed by atoms with Crippen molar-refractivity contribution >= 4 is 17.6 Å². The van der Waals surface area contributed by atoms with Crippen LogP contribution in [-0.2, 0) is 16.1 Å². The lowest BCUT2D eigenvalue weighted by Crippen LogP contribution is -2.42. The number of hydrogen-bond donors (Lipinski definition) is 1. The van der Waals surface area contributed by atoms with E-state index in [0.717, 1.165) is 0 Å². The molecule has 1 aromatic heterocycles. The van der Waals surface area contributed by atoms with Crippen LogP contribution >= 0.6 is 0 Å². The minimum absolute atomic E-state index is 0.110. The molecule has 1 heterocycles. The molecular formula is C12H20N4O3. The number of amides is 1. The number of nitrogen functional groups attached to an aromatic ring is 1. The number of anilines is 1. The lowest BCUT2D eigenvalue weighted by molar-refractivity contribution is -0.141. The Hall–Kier alpha value is -2.05. The minimum Gasteiger partial charge on any atom is -0.468 e. The van der Waals surface area contributed by atoms with Gasteiger partial charge < -0.3 is 15.4 Å². The molecule has 0 radical (unpaired) electrons. The summed E-state index contributed by atoms with van der Waals surface area (Å²) in [5.41, 5.74) is 6.39. The topological polar surface area (TPSA) is 90.5 Å². The fourth-order valence-corrected chi connectivity index (χ4v) is 1.70. The summed E-state index contributed by atoms with van der Waals surface area (Å²) >= 11 is 0. The van der Waals surface area contributed by atoms with Crippen LogP contribution in [0, 0.1) is 0 Å². The first-order valence-corrected chi connectivity index (χ1v) is 6.11. The third-order valence-corrected chi connectivity index (χ3v) is 2.78. The van der Waals surface area contributed by atoms with Crippen molar-refractivity contribution in [3.63, 3.8) is 0 Å². The van der Waals surface area contributed by atoms with Gasteiger partial charge in [-0.2, -0.15) is 5.10 Å². The largest absolute Gasteiger partial charge is 0.468 e. The van der Waals surface area contributed by atoms with E-state index < -0.39 is 5.97 Å². The van der Waals surface area contributed by atoms with Gasteiger partial charge in [0.1, 0.15) is 12.2 Å². The predicted molar refractivity (Wildman–Crippen MR) is 70.5 cm³/mol. The van der Waals surface area contributed by atoms with Crippen LogP contribution in [0.2, 0.25) is 0 Å². The second-order valence-corrected chi connectivity index (χ2v) is 4.37. The molecular weight excluding hydrogens is 248 g/mol. The molecule has 19 heavy (non-hydrogen) atoms. The molecule has 0 aliphatic rings. The molecule has 7 nitrogen and oxygen atoms in total. The maximum atomic E-state index is 12.5. The van der Waals surface area contributed by atoms with E-state index in [9.17, 15) is 9.59 Å². The normalized spacial score (nSPS) is 10.6. The van der Waals surface area contributed by atoms with Crippen molar-refractivity contribution in [1.82, 2.24) is 14.7 Å². The molecule has 2 N–H and O–H groups in total. The molecule has 0 aromatic carbocycles. The van der Waals surface area contributed by atoms with E-state index >= 15 is 0 Å². The van der Waals surface area contributed by atoms with Crippen molar-refractivity contribution in [3.8, 4) is 0 Å². The van der Waals surface area contributed by atoms with E-state index in [2.05, 4.69) is 9.84 Å². The first kappa shape index (κ1) is 15.0. The van der Waals surface area contributed by atoms with Crippen LogP contribution in [0.5, 0.6) is 0 Å².